The molecule has 0 bridgehead atoms. The average Bonchev–Trinajstić information content (AvgIpc) is 3.17. The van der Waals surface area contributed by atoms with Gasteiger partial charge in [-0.05, 0) is 86.9 Å². The van der Waals surface area contributed by atoms with Crippen LogP contribution < -0.4 is 0 Å². The van der Waals surface area contributed by atoms with E-state index in [0.717, 1.165) is 78.1 Å². The molecule has 1 saturated carbocycles. The topological polar surface area (TPSA) is 46.8 Å². The van der Waals surface area contributed by atoms with Crippen molar-refractivity contribution in [3.63, 3.8) is 0 Å². The zero-order valence-corrected chi connectivity index (χ0v) is 21.1. The minimum atomic E-state index is -4.27. The molecular weight excluding hydrogens is 471 g/mol. The Morgan fingerprint density at radius 2 is 1.86 bits per heavy atom. The summed E-state index contributed by atoms with van der Waals surface area (Å²) in [6.45, 7) is 7.14. The number of alkyl halides is 3. The molecule has 3 heterocycles. The van der Waals surface area contributed by atoms with Crippen molar-refractivity contribution >= 4 is 11.8 Å². The third kappa shape index (κ3) is 4.98. The summed E-state index contributed by atoms with van der Waals surface area (Å²) < 4.78 is 40.6. The van der Waals surface area contributed by atoms with Gasteiger partial charge in [0.1, 0.15) is 5.69 Å². The monoisotopic (exact) mass is 501 g/mol. The SMILES string of the molecule is Cc1ccc(C)c(-c2nnc(SCCCN3CCC4(CC4c4ccc(C(F)(F)F)cc4)C3)n2C)n1. The number of likely N-dealkylation sites (tertiary alicyclic amines) is 1. The Bertz CT molecular complexity index is 1210. The van der Waals surface area contributed by atoms with Crippen molar-refractivity contribution in [3.05, 3.63) is 58.8 Å². The molecule has 1 aliphatic carbocycles. The second kappa shape index (κ2) is 9.24. The summed E-state index contributed by atoms with van der Waals surface area (Å²) in [7, 11) is 1.99. The van der Waals surface area contributed by atoms with Crippen molar-refractivity contribution in [2.75, 3.05) is 25.4 Å². The van der Waals surface area contributed by atoms with Crippen molar-refractivity contribution in [3.8, 4) is 11.5 Å². The van der Waals surface area contributed by atoms with Crippen LogP contribution in [0.3, 0.4) is 0 Å². The van der Waals surface area contributed by atoms with Crippen molar-refractivity contribution in [1.29, 1.82) is 0 Å². The van der Waals surface area contributed by atoms with Crippen molar-refractivity contribution in [2.24, 2.45) is 12.5 Å². The lowest BCUT2D eigenvalue weighted by Crippen LogP contribution is -2.23. The van der Waals surface area contributed by atoms with E-state index in [4.69, 9.17) is 0 Å². The van der Waals surface area contributed by atoms with Crippen LogP contribution in [-0.2, 0) is 13.2 Å². The number of benzene rings is 1. The molecule has 1 spiro atoms. The van der Waals surface area contributed by atoms with Gasteiger partial charge in [-0.15, -0.1) is 10.2 Å². The number of halogens is 3. The maximum absolute atomic E-state index is 12.8. The van der Waals surface area contributed by atoms with Gasteiger partial charge in [0.2, 0.25) is 0 Å². The molecule has 2 aliphatic rings. The summed E-state index contributed by atoms with van der Waals surface area (Å²) in [6, 6.07) is 9.85. The molecule has 186 valence electrons. The molecule has 1 aromatic carbocycles. The van der Waals surface area contributed by atoms with Gasteiger partial charge in [0.25, 0.3) is 0 Å². The summed E-state index contributed by atoms with van der Waals surface area (Å²) in [5, 5.41) is 9.66. The van der Waals surface area contributed by atoms with E-state index >= 15 is 0 Å². The van der Waals surface area contributed by atoms with Gasteiger partial charge in [0.05, 0.1) is 5.56 Å². The van der Waals surface area contributed by atoms with Crippen LogP contribution in [0, 0.1) is 19.3 Å². The van der Waals surface area contributed by atoms with Crippen LogP contribution in [-0.4, -0.2) is 50.0 Å². The van der Waals surface area contributed by atoms with E-state index in [9.17, 15) is 13.2 Å². The van der Waals surface area contributed by atoms with Crippen molar-refractivity contribution in [1.82, 2.24) is 24.6 Å². The summed E-state index contributed by atoms with van der Waals surface area (Å²) in [5.74, 6) is 2.14. The van der Waals surface area contributed by atoms with Crippen LogP contribution in [0.25, 0.3) is 11.5 Å². The number of aromatic nitrogens is 4. The zero-order valence-electron chi connectivity index (χ0n) is 20.3. The average molecular weight is 502 g/mol. The van der Waals surface area contributed by atoms with E-state index in [1.54, 1.807) is 23.9 Å². The van der Waals surface area contributed by atoms with Crippen LogP contribution >= 0.6 is 11.8 Å². The Hall–Kier alpha value is -2.39. The first kappa shape index (κ1) is 24.3. The Morgan fingerprint density at radius 1 is 1.09 bits per heavy atom. The van der Waals surface area contributed by atoms with Crippen LogP contribution in [0.5, 0.6) is 0 Å². The first-order valence-electron chi connectivity index (χ1n) is 12.0. The minimum Gasteiger partial charge on any atom is -0.304 e. The molecule has 2 fully saturated rings. The lowest BCUT2D eigenvalue weighted by molar-refractivity contribution is -0.137. The Morgan fingerprint density at radius 3 is 2.60 bits per heavy atom. The largest absolute Gasteiger partial charge is 0.416 e. The van der Waals surface area contributed by atoms with Crippen molar-refractivity contribution in [2.45, 2.75) is 50.4 Å². The van der Waals surface area contributed by atoms with Gasteiger partial charge in [0.15, 0.2) is 11.0 Å². The maximum atomic E-state index is 12.8. The maximum Gasteiger partial charge on any atom is 0.416 e. The Kier molecular flexibility index (Phi) is 6.42. The molecule has 5 nitrogen and oxygen atoms in total. The van der Waals surface area contributed by atoms with Gasteiger partial charge in [-0.1, -0.05) is 30.0 Å². The van der Waals surface area contributed by atoms with Crippen LogP contribution in [0.2, 0.25) is 0 Å². The predicted molar refractivity (Wildman–Crippen MR) is 131 cm³/mol. The highest BCUT2D eigenvalue weighted by atomic mass is 32.2. The van der Waals surface area contributed by atoms with E-state index in [0.29, 0.717) is 5.92 Å². The molecule has 2 atom stereocenters. The molecule has 0 N–H and O–H groups in total. The summed E-state index contributed by atoms with van der Waals surface area (Å²) in [6.07, 6.45) is -1.01. The molecule has 2 aromatic heterocycles. The van der Waals surface area contributed by atoms with E-state index in [1.165, 1.54) is 12.1 Å². The fourth-order valence-corrected chi connectivity index (χ4v) is 6.14. The normalized spacial score (nSPS) is 22.3. The number of pyridine rings is 1. The Labute approximate surface area is 208 Å². The van der Waals surface area contributed by atoms with Crippen LogP contribution in [0.4, 0.5) is 13.2 Å². The third-order valence-corrected chi connectivity index (χ3v) is 8.53. The zero-order chi connectivity index (χ0) is 24.8. The fourth-order valence-electron chi connectivity index (χ4n) is 5.30. The number of aryl methyl sites for hydroxylation is 2. The highest BCUT2D eigenvalue weighted by molar-refractivity contribution is 7.99. The molecule has 3 aromatic rings. The number of nitrogens with zero attached hydrogens (tertiary/aromatic N) is 5. The van der Waals surface area contributed by atoms with Crippen LogP contribution in [0.1, 0.15) is 47.6 Å². The van der Waals surface area contributed by atoms with Gasteiger partial charge in [-0.3, -0.25) is 0 Å². The lowest BCUT2D eigenvalue weighted by Gasteiger charge is -2.16. The quantitative estimate of drug-likeness (QED) is 0.299. The first-order chi connectivity index (χ1) is 16.7. The van der Waals surface area contributed by atoms with Gasteiger partial charge < -0.3 is 9.47 Å². The fraction of sp³-hybridized carbons (Fsp3) is 0.500. The number of hydrogen-bond donors (Lipinski definition) is 0. The first-order valence-corrected chi connectivity index (χ1v) is 13.0. The number of hydrogen-bond acceptors (Lipinski definition) is 5. The van der Waals surface area contributed by atoms with Gasteiger partial charge >= 0.3 is 6.18 Å². The van der Waals surface area contributed by atoms with Gasteiger partial charge in [0, 0.05) is 25.0 Å². The molecule has 1 saturated heterocycles. The standard InChI is InChI=1S/C26H30F3N5S/c1-17-5-6-18(2)30-22(17)23-31-32-24(33(23)3)35-14-4-12-34-13-11-25(16-34)15-21(25)19-7-9-20(10-8-19)26(27,28)29/h5-10,21H,4,11-16H2,1-3H3. The van der Waals surface area contributed by atoms with E-state index < -0.39 is 11.7 Å². The summed E-state index contributed by atoms with van der Waals surface area (Å²) in [4.78, 5) is 7.15. The molecule has 1 aliphatic heterocycles. The lowest BCUT2D eigenvalue weighted by atomic mass is 9.97. The molecular formula is C26H30F3N5S. The second-order valence-electron chi connectivity index (χ2n) is 9.95. The minimum absolute atomic E-state index is 0.254. The molecule has 2 unspecified atom stereocenters. The number of thioether (sulfide) groups is 1. The highest BCUT2D eigenvalue weighted by Gasteiger charge is 2.57. The van der Waals surface area contributed by atoms with E-state index in [2.05, 4.69) is 26.1 Å². The van der Waals surface area contributed by atoms with Gasteiger partial charge in [-0.25, -0.2) is 4.98 Å². The molecule has 0 amide bonds. The van der Waals surface area contributed by atoms with E-state index in [1.807, 2.05) is 31.5 Å². The van der Waals surface area contributed by atoms with E-state index in [-0.39, 0.29) is 5.41 Å². The third-order valence-electron chi connectivity index (χ3n) is 7.43. The van der Waals surface area contributed by atoms with Crippen molar-refractivity contribution < 1.29 is 13.2 Å². The molecule has 35 heavy (non-hydrogen) atoms. The molecule has 0 radical (unpaired) electrons. The van der Waals surface area contributed by atoms with Gasteiger partial charge in [-0.2, -0.15) is 13.2 Å². The molecule has 5 rings (SSSR count). The smallest absolute Gasteiger partial charge is 0.304 e. The number of rotatable bonds is 7. The Balaban J connectivity index is 1.10. The predicted octanol–water partition coefficient (Wildman–Crippen LogP) is 5.87. The summed E-state index contributed by atoms with van der Waals surface area (Å²) in [5.41, 5.74) is 3.65. The second-order valence-corrected chi connectivity index (χ2v) is 11.0. The summed E-state index contributed by atoms with van der Waals surface area (Å²) >= 11 is 1.72. The molecule has 9 heteroatoms. The van der Waals surface area contributed by atoms with Crippen LogP contribution in [0.15, 0.2) is 41.6 Å². The highest BCUT2D eigenvalue weighted by Crippen LogP contribution is 2.64.